The predicted molar refractivity (Wildman–Crippen MR) is 86.1 cm³/mol. The van der Waals surface area contributed by atoms with Crippen molar-refractivity contribution in [1.29, 1.82) is 0 Å². The van der Waals surface area contributed by atoms with Gasteiger partial charge in [0.15, 0.2) is 0 Å². The van der Waals surface area contributed by atoms with E-state index < -0.39 is 6.23 Å². The van der Waals surface area contributed by atoms with Crippen LogP contribution in [0.25, 0.3) is 0 Å². The van der Waals surface area contributed by atoms with E-state index >= 15 is 0 Å². The molecule has 0 aliphatic carbocycles. The third-order valence-corrected chi connectivity index (χ3v) is 4.24. The van der Waals surface area contributed by atoms with Gasteiger partial charge >= 0.3 is 5.97 Å². The molecule has 0 radical (unpaired) electrons. The van der Waals surface area contributed by atoms with Crippen molar-refractivity contribution in [3.05, 3.63) is 35.9 Å². The molecule has 2 atom stereocenters. The maximum absolute atomic E-state index is 12.3. The summed E-state index contributed by atoms with van der Waals surface area (Å²) in [5.41, 5.74) is 0.990. The van der Waals surface area contributed by atoms with E-state index in [-0.39, 0.29) is 12.0 Å². The molecule has 2 rings (SSSR count). The summed E-state index contributed by atoms with van der Waals surface area (Å²) in [6.45, 7) is 3.22. The lowest BCUT2D eigenvalue weighted by atomic mass is 10.1. The molecular weight excluding hydrogens is 278 g/mol. The number of carbonyl (C=O) groups excluding carboxylic acids is 1. The van der Waals surface area contributed by atoms with Gasteiger partial charge in [-0.2, -0.15) is 0 Å². The molecule has 4 nitrogen and oxygen atoms in total. The van der Waals surface area contributed by atoms with Gasteiger partial charge in [-0.1, -0.05) is 50.1 Å². The van der Waals surface area contributed by atoms with Crippen LogP contribution in [0.15, 0.2) is 30.3 Å². The molecule has 0 saturated carbocycles. The fourth-order valence-corrected chi connectivity index (χ4v) is 2.97. The van der Waals surface area contributed by atoms with Crippen molar-refractivity contribution in [3.8, 4) is 0 Å². The van der Waals surface area contributed by atoms with Gasteiger partial charge in [0, 0.05) is 6.54 Å². The number of unbranched alkanes of at least 4 members (excludes halogenated alkanes) is 2. The molecule has 1 unspecified atom stereocenters. The zero-order chi connectivity index (χ0) is 15.8. The second kappa shape index (κ2) is 8.91. The summed E-state index contributed by atoms with van der Waals surface area (Å²) in [6, 6.07) is 9.40. The van der Waals surface area contributed by atoms with Crippen LogP contribution in [0.4, 0.5) is 0 Å². The Labute approximate surface area is 133 Å². The Bertz CT molecular complexity index is 449. The molecule has 22 heavy (non-hydrogen) atoms. The lowest BCUT2D eigenvalue weighted by Gasteiger charge is -2.28. The van der Waals surface area contributed by atoms with Crippen LogP contribution in [-0.2, 0) is 16.1 Å². The molecule has 122 valence electrons. The van der Waals surface area contributed by atoms with E-state index in [1.165, 1.54) is 0 Å². The van der Waals surface area contributed by atoms with Crippen LogP contribution in [0, 0.1) is 0 Å². The zero-order valence-electron chi connectivity index (χ0n) is 13.4. The largest absolute Gasteiger partial charge is 0.460 e. The molecule has 4 heteroatoms. The van der Waals surface area contributed by atoms with Crippen LogP contribution < -0.4 is 0 Å². The number of hydrogen-bond donors (Lipinski definition) is 1. The molecule has 0 spiro atoms. The highest BCUT2D eigenvalue weighted by atomic mass is 16.5. The summed E-state index contributed by atoms with van der Waals surface area (Å²) in [5, 5.41) is 10.3. The van der Waals surface area contributed by atoms with Crippen LogP contribution in [0.3, 0.4) is 0 Å². The summed E-state index contributed by atoms with van der Waals surface area (Å²) < 4.78 is 5.43. The maximum Gasteiger partial charge on any atom is 0.323 e. The number of nitrogens with zero attached hydrogens (tertiary/aromatic N) is 1. The van der Waals surface area contributed by atoms with Crippen molar-refractivity contribution >= 4 is 5.97 Å². The van der Waals surface area contributed by atoms with Gasteiger partial charge in [-0.15, -0.1) is 0 Å². The lowest BCUT2D eigenvalue weighted by Crippen LogP contribution is -2.43. The fourth-order valence-electron chi connectivity index (χ4n) is 2.97. The van der Waals surface area contributed by atoms with E-state index in [4.69, 9.17) is 4.74 Å². The average Bonchev–Trinajstić information content (AvgIpc) is 3.03. The Morgan fingerprint density at radius 2 is 2.14 bits per heavy atom. The Kier molecular flexibility index (Phi) is 6.87. The molecule has 0 amide bonds. The second-order valence-corrected chi connectivity index (χ2v) is 5.97. The topological polar surface area (TPSA) is 49.8 Å². The van der Waals surface area contributed by atoms with Gasteiger partial charge in [0.1, 0.15) is 18.9 Å². The molecule has 1 aromatic rings. The molecule has 1 aromatic carbocycles. The Morgan fingerprint density at radius 1 is 1.36 bits per heavy atom. The van der Waals surface area contributed by atoms with Gasteiger partial charge in [0.05, 0.1) is 0 Å². The van der Waals surface area contributed by atoms with E-state index in [1.54, 1.807) is 0 Å². The maximum atomic E-state index is 12.3. The predicted octanol–water partition coefficient (Wildman–Crippen LogP) is 3.09. The average molecular weight is 305 g/mol. The van der Waals surface area contributed by atoms with Crippen LogP contribution in [0.1, 0.15) is 51.0 Å². The number of aliphatic hydroxyl groups excluding tert-OH is 1. The van der Waals surface area contributed by atoms with Crippen molar-refractivity contribution in [1.82, 2.24) is 4.90 Å². The Balaban J connectivity index is 1.82. The van der Waals surface area contributed by atoms with E-state index in [0.29, 0.717) is 6.61 Å². The number of ether oxygens (including phenoxy) is 1. The van der Waals surface area contributed by atoms with E-state index in [2.05, 4.69) is 6.92 Å². The second-order valence-electron chi connectivity index (χ2n) is 5.97. The van der Waals surface area contributed by atoms with Crippen molar-refractivity contribution in [2.24, 2.45) is 0 Å². The van der Waals surface area contributed by atoms with Crippen molar-refractivity contribution in [3.63, 3.8) is 0 Å². The first kappa shape index (κ1) is 17.0. The highest BCUT2D eigenvalue weighted by Gasteiger charge is 2.35. The van der Waals surface area contributed by atoms with Gasteiger partial charge in [-0.25, -0.2) is 0 Å². The first-order valence-corrected chi connectivity index (χ1v) is 8.36. The van der Waals surface area contributed by atoms with Crippen molar-refractivity contribution < 1.29 is 14.6 Å². The van der Waals surface area contributed by atoms with Gasteiger partial charge in [-0.05, 0) is 31.2 Å². The van der Waals surface area contributed by atoms with E-state index in [1.807, 2.05) is 35.2 Å². The molecule has 1 N–H and O–H groups in total. The monoisotopic (exact) mass is 305 g/mol. The van der Waals surface area contributed by atoms with Gasteiger partial charge in [0.25, 0.3) is 0 Å². The SMILES string of the molecule is CCCCCC(O)N1CCC[C@H]1C(=O)OCc1ccccc1. The first-order valence-electron chi connectivity index (χ1n) is 8.36. The third kappa shape index (κ3) is 4.82. The summed E-state index contributed by atoms with van der Waals surface area (Å²) in [5.74, 6) is -0.212. The minimum atomic E-state index is -0.525. The normalized spacial score (nSPS) is 20.0. The highest BCUT2D eigenvalue weighted by molar-refractivity contribution is 5.76. The number of carbonyl (C=O) groups is 1. The quantitative estimate of drug-likeness (QED) is 0.592. The van der Waals surface area contributed by atoms with Crippen LogP contribution in [0.2, 0.25) is 0 Å². The highest BCUT2D eigenvalue weighted by Crippen LogP contribution is 2.23. The fraction of sp³-hybridized carbons (Fsp3) is 0.611. The number of rotatable bonds is 8. The van der Waals surface area contributed by atoms with Crippen LogP contribution >= 0.6 is 0 Å². The number of benzene rings is 1. The van der Waals surface area contributed by atoms with E-state index in [0.717, 1.165) is 50.6 Å². The van der Waals surface area contributed by atoms with Crippen molar-refractivity contribution in [2.45, 2.75) is 64.3 Å². The minimum absolute atomic E-state index is 0.212. The number of aliphatic hydroxyl groups is 1. The molecule has 1 fully saturated rings. The standard InChI is InChI=1S/C18H27NO3/c1-2-3-5-12-17(20)19-13-8-11-16(19)18(21)22-14-15-9-6-4-7-10-15/h4,6-7,9-10,16-17,20H,2-3,5,8,11-14H2,1H3/t16-,17?/m0/s1. The van der Waals surface area contributed by atoms with E-state index in [9.17, 15) is 9.90 Å². The molecule has 1 aliphatic heterocycles. The summed E-state index contributed by atoms with van der Waals surface area (Å²) in [6.07, 6.45) is 5.18. The molecule has 0 aromatic heterocycles. The molecule has 0 bridgehead atoms. The van der Waals surface area contributed by atoms with Crippen LogP contribution in [0.5, 0.6) is 0 Å². The van der Waals surface area contributed by atoms with Crippen molar-refractivity contribution in [2.75, 3.05) is 6.54 Å². The van der Waals surface area contributed by atoms with Crippen LogP contribution in [-0.4, -0.2) is 34.8 Å². The van der Waals surface area contributed by atoms with Gasteiger partial charge in [0.2, 0.25) is 0 Å². The summed E-state index contributed by atoms with van der Waals surface area (Å²) in [7, 11) is 0. The molecule has 1 saturated heterocycles. The molecule has 1 aliphatic rings. The molecule has 1 heterocycles. The number of hydrogen-bond acceptors (Lipinski definition) is 4. The lowest BCUT2D eigenvalue weighted by molar-refractivity contribution is -0.154. The Hall–Kier alpha value is -1.39. The third-order valence-electron chi connectivity index (χ3n) is 4.24. The minimum Gasteiger partial charge on any atom is -0.460 e. The number of esters is 1. The molecular formula is C18H27NO3. The zero-order valence-corrected chi connectivity index (χ0v) is 13.4. The number of likely N-dealkylation sites (tertiary alicyclic amines) is 1. The smallest absolute Gasteiger partial charge is 0.323 e. The van der Waals surface area contributed by atoms with Gasteiger partial charge < -0.3 is 9.84 Å². The summed E-state index contributed by atoms with van der Waals surface area (Å²) >= 11 is 0. The Morgan fingerprint density at radius 3 is 2.86 bits per heavy atom. The summed E-state index contributed by atoms with van der Waals surface area (Å²) in [4.78, 5) is 14.2. The first-order chi connectivity index (χ1) is 10.7. The van der Waals surface area contributed by atoms with Gasteiger partial charge in [-0.3, -0.25) is 9.69 Å².